The molecule has 0 aliphatic rings. The van der Waals surface area contributed by atoms with Crippen molar-refractivity contribution in [2.75, 3.05) is 0 Å². The van der Waals surface area contributed by atoms with Gasteiger partial charge in [0.15, 0.2) is 0 Å². The van der Waals surface area contributed by atoms with Crippen molar-refractivity contribution >= 4 is 11.6 Å². The van der Waals surface area contributed by atoms with Crippen molar-refractivity contribution < 1.29 is 17.6 Å². The van der Waals surface area contributed by atoms with E-state index in [4.69, 9.17) is 17.3 Å². The van der Waals surface area contributed by atoms with E-state index >= 15 is 0 Å². The SMILES string of the molecule is NC(Cc1cccc(F)c1Cl)c1cccc(C(F)(F)F)c1. The molecule has 1 unspecified atom stereocenters. The highest BCUT2D eigenvalue weighted by atomic mass is 35.5. The molecule has 0 aromatic heterocycles. The third kappa shape index (κ3) is 3.74. The minimum Gasteiger partial charge on any atom is -0.324 e. The van der Waals surface area contributed by atoms with Crippen LogP contribution in [0.3, 0.4) is 0 Å². The van der Waals surface area contributed by atoms with Crippen LogP contribution in [0.15, 0.2) is 42.5 Å². The Bertz CT molecular complexity index is 640. The molecule has 0 radical (unpaired) electrons. The van der Waals surface area contributed by atoms with E-state index < -0.39 is 23.6 Å². The Kier molecular flexibility index (Phi) is 4.54. The molecule has 0 aliphatic carbocycles. The highest BCUT2D eigenvalue weighted by Crippen LogP contribution is 2.31. The van der Waals surface area contributed by atoms with Gasteiger partial charge in [-0.25, -0.2) is 4.39 Å². The van der Waals surface area contributed by atoms with Crippen LogP contribution in [0, 0.1) is 5.82 Å². The molecule has 112 valence electrons. The molecule has 1 atom stereocenters. The number of benzene rings is 2. The lowest BCUT2D eigenvalue weighted by molar-refractivity contribution is -0.137. The molecule has 0 saturated heterocycles. The molecular formula is C15H12ClF4N. The van der Waals surface area contributed by atoms with Crippen molar-refractivity contribution in [2.24, 2.45) is 5.73 Å². The number of halogens is 5. The summed E-state index contributed by atoms with van der Waals surface area (Å²) in [6.07, 6.45) is -4.27. The molecule has 2 rings (SSSR count). The summed E-state index contributed by atoms with van der Waals surface area (Å²) in [5.41, 5.74) is 5.93. The van der Waals surface area contributed by atoms with Crippen LogP contribution in [0.4, 0.5) is 17.6 Å². The highest BCUT2D eigenvalue weighted by molar-refractivity contribution is 6.31. The summed E-state index contributed by atoms with van der Waals surface area (Å²) in [6.45, 7) is 0. The predicted octanol–water partition coefficient (Wildman–Crippen LogP) is 4.74. The average Bonchev–Trinajstić information content (AvgIpc) is 2.43. The fourth-order valence-corrected chi connectivity index (χ4v) is 2.21. The van der Waals surface area contributed by atoms with Gasteiger partial charge in [0.25, 0.3) is 0 Å². The van der Waals surface area contributed by atoms with Gasteiger partial charge in [0, 0.05) is 6.04 Å². The van der Waals surface area contributed by atoms with Crippen molar-refractivity contribution in [3.05, 3.63) is 70.0 Å². The van der Waals surface area contributed by atoms with Crippen LogP contribution >= 0.6 is 11.6 Å². The van der Waals surface area contributed by atoms with Gasteiger partial charge in [0.05, 0.1) is 10.6 Å². The minimum absolute atomic E-state index is 0.0556. The van der Waals surface area contributed by atoms with Crippen LogP contribution in [0.5, 0.6) is 0 Å². The molecule has 2 aromatic carbocycles. The summed E-state index contributed by atoms with van der Waals surface area (Å²) in [5, 5.41) is -0.0556. The van der Waals surface area contributed by atoms with Gasteiger partial charge in [-0.3, -0.25) is 0 Å². The summed E-state index contributed by atoms with van der Waals surface area (Å²) in [6, 6.07) is 8.36. The normalized spacial score (nSPS) is 13.2. The standard InChI is InChI=1S/C15H12ClF4N/c16-14-10(4-2-6-12(14)17)8-13(21)9-3-1-5-11(7-9)15(18,19)20/h1-7,13H,8,21H2. The summed E-state index contributed by atoms with van der Waals surface area (Å²) in [5.74, 6) is -0.578. The van der Waals surface area contributed by atoms with Gasteiger partial charge in [-0.05, 0) is 35.7 Å². The van der Waals surface area contributed by atoms with E-state index in [1.807, 2.05) is 0 Å². The Morgan fingerprint density at radius 3 is 2.43 bits per heavy atom. The Labute approximate surface area is 124 Å². The van der Waals surface area contributed by atoms with E-state index in [9.17, 15) is 17.6 Å². The molecule has 2 N–H and O–H groups in total. The molecule has 2 aromatic rings. The number of hydrogen-bond acceptors (Lipinski definition) is 1. The van der Waals surface area contributed by atoms with Gasteiger partial charge in [-0.1, -0.05) is 35.9 Å². The molecular weight excluding hydrogens is 306 g/mol. The van der Waals surface area contributed by atoms with Crippen molar-refractivity contribution in [2.45, 2.75) is 18.6 Å². The van der Waals surface area contributed by atoms with Crippen molar-refractivity contribution in [3.63, 3.8) is 0 Å². The zero-order chi connectivity index (χ0) is 15.6. The molecule has 1 nitrogen and oxygen atoms in total. The maximum atomic E-state index is 13.3. The van der Waals surface area contributed by atoms with E-state index in [1.165, 1.54) is 24.3 Å². The average molecular weight is 318 g/mol. The van der Waals surface area contributed by atoms with Crippen LogP contribution in [-0.4, -0.2) is 0 Å². The quantitative estimate of drug-likeness (QED) is 0.813. The molecule has 0 saturated carbocycles. The first-order valence-corrected chi connectivity index (χ1v) is 6.52. The lowest BCUT2D eigenvalue weighted by Gasteiger charge is -2.15. The number of alkyl halides is 3. The maximum absolute atomic E-state index is 13.3. The highest BCUT2D eigenvalue weighted by Gasteiger charge is 2.30. The second-order valence-electron chi connectivity index (χ2n) is 4.65. The summed E-state index contributed by atoms with van der Waals surface area (Å²) < 4.78 is 51.3. The van der Waals surface area contributed by atoms with Crippen LogP contribution in [0.25, 0.3) is 0 Å². The Balaban J connectivity index is 2.25. The minimum atomic E-state index is -4.42. The predicted molar refractivity (Wildman–Crippen MR) is 73.5 cm³/mol. The third-order valence-corrected chi connectivity index (χ3v) is 3.54. The molecule has 0 spiro atoms. The van der Waals surface area contributed by atoms with E-state index in [2.05, 4.69) is 0 Å². The van der Waals surface area contributed by atoms with E-state index in [0.29, 0.717) is 11.1 Å². The monoisotopic (exact) mass is 317 g/mol. The first kappa shape index (κ1) is 15.8. The van der Waals surface area contributed by atoms with Gasteiger partial charge in [0.1, 0.15) is 5.82 Å². The second kappa shape index (κ2) is 6.03. The Hall–Kier alpha value is -1.59. The van der Waals surface area contributed by atoms with Crippen molar-refractivity contribution in [1.82, 2.24) is 0 Å². The summed E-state index contributed by atoms with van der Waals surface area (Å²) >= 11 is 5.82. The Morgan fingerprint density at radius 2 is 1.76 bits per heavy atom. The topological polar surface area (TPSA) is 26.0 Å². The van der Waals surface area contributed by atoms with E-state index in [1.54, 1.807) is 6.07 Å². The summed E-state index contributed by atoms with van der Waals surface area (Å²) in [4.78, 5) is 0. The van der Waals surface area contributed by atoms with Gasteiger partial charge < -0.3 is 5.73 Å². The number of hydrogen-bond donors (Lipinski definition) is 1. The number of rotatable bonds is 3. The molecule has 6 heteroatoms. The molecule has 21 heavy (non-hydrogen) atoms. The second-order valence-corrected chi connectivity index (χ2v) is 5.02. The maximum Gasteiger partial charge on any atom is 0.416 e. The first-order chi connectivity index (χ1) is 9.79. The lowest BCUT2D eigenvalue weighted by atomic mass is 9.98. The van der Waals surface area contributed by atoms with Crippen LogP contribution < -0.4 is 5.73 Å². The van der Waals surface area contributed by atoms with Crippen LogP contribution in [0.1, 0.15) is 22.7 Å². The molecule has 0 fully saturated rings. The fraction of sp³-hybridized carbons (Fsp3) is 0.200. The van der Waals surface area contributed by atoms with Gasteiger partial charge in [0.2, 0.25) is 0 Å². The zero-order valence-corrected chi connectivity index (χ0v) is 11.5. The largest absolute Gasteiger partial charge is 0.416 e. The summed E-state index contributed by atoms with van der Waals surface area (Å²) in [7, 11) is 0. The van der Waals surface area contributed by atoms with Crippen molar-refractivity contribution in [1.29, 1.82) is 0 Å². The fourth-order valence-electron chi connectivity index (χ4n) is 2.01. The molecule has 0 heterocycles. The molecule has 0 bridgehead atoms. The van der Waals surface area contributed by atoms with Gasteiger partial charge in [-0.15, -0.1) is 0 Å². The lowest BCUT2D eigenvalue weighted by Crippen LogP contribution is -2.15. The van der Waals surface area contributed by atoms with Crippen LogP contribution in [0.2, 0.25) is 5.02 Å². The van der Waals surface area contributed by atoms with E-state index in [-0.39, 0.29) is 11.4 Å². The molecule has 0 amide bonds. The van der Waals surface area contributed by atoms with Crippen molar-refractivity contribution in [3.8, 4) is 0 Å². The zero-order valence-electron chi connectivity index (χ0n) is 10.8. The van der Waals surface area contributed by atoms with Gasteiger partial charge in [-0.2, -0.15) is 13.2 Å². The third-order valence-electron chi connectivity index (χ3n) is 3.11. The smallest absolute Gasteiger partial charge is 0.324 e. The molecule has 0 aliphatic heterocycles. The Morgan fingerprint density at radius 1 is 1.10 bits per heavy atom. The first-order valence-electron chi connectivity index (χ1n) is 6.14. The number of nitrogens with two attached hydrogens (primary N) is 1. The van der Waals surface area contributed by atoms with Gasteiger partial charge >= 0.3 is 6.18 Å². The van der Waals surface area contributed by atoms with E-state index in [0.717, 1.165) is 12.1 Å². The van der Waals surface area contributed by atoms with Crippen LogP contribution in [-0.2, 0) is 12.6 Å².